The molecule has 2 fully saturated rings. The van der Waals surface area contributed by atoms with E-state index in [1.165, 1.54) is 32.8 Å². The molecule has 3 unspecified atom stereocenters. The van der Waals surface area contributed by atoms with Gasteiger partial charge in [0.1, 0.15) is 66.6 Å². The lowest BCUT2D eigenvalue weighted by atomic mass is 9.92. The summed E-state index contributed by atoms with van der Waals surface area (Å²) in [4.78, 5) is 140. The van der Waals surface area contributed by atoms with Crippen LogP contribution >= 0.6 is 34.8 Å². The minimum absolute atomic E-state index is 0. The number of Topliss-reactive ketones (excluding diaryl/α,β-unsaturated/α-hetero) is 1. The standard InChI is InChI=1S/C26H40ClN3O7.C19H24ClN3O4.C12H22N2O6.C7H5ClN.C6H12O.C2H3F3O.H3N/c1-16(36-7)8-9-18(24(34)28-20-12-10-19(27)11-13-20)14-22(32)21(15-31)29-23(33)17(2)30(6)25(35)37-26(3,4)5;1-3-11(2)17(24)22-14-10-27-16-9-8-15(23(16)19(14)26)18(25)21-13-6-4-12(20)5-7-13;1-7(9(16)13-8(6-15)10(17)18)14(5)11(19)20-12(2,3)4;1-9-7-4-2-6(8)3-5-7;1-6(2)4-3-5-7;3-2(4,5)1-6;/h10-13,16-18,21,31H,8-9,14-15H2,1-7H3,(H,28,34)(H,29,33);4-7,11,14-16H,3,8-10H2,1-2H3,(H,21,25)(H,22,24);7-8,15H,6H2,1-5H3,(H,13,16)(H,17,18);1-5H;5-6H,3-4H2,1-2H3;6H,1H2;1H3/q;;;+1;;;/t16?,17-,18?,21-;11-,14+,15?,16+;7-,8-;;;;/m010..../s1. The summed E-state index contributed by atoms with van der Waals surface area (Å²) in [7, 11) is 4.33. The number of halogens is 6. The number of anilines is 2. The summed E-state index contributed by atoms with van der Waals surface area (Å²) in [5.74, 6) is -4.54. The number of aliphatic hydroxyl groups excluding tert-OH is 3. The van der Waals surface area contributed by atoms with E-state index in [0.29, 0.717) is 64.5 Å². The van der Waals surface area contributed by atoms with E-state index in [2.05, 4.69) is 45.3 Å². The van der Waals surface area contributed by atoms with E-state index in [1.807, 2.05) is 20.8 Å². The lowest BCUT2D eigenvalue weighted by molar-refractivity contribution is -0.166. The Bertz CT molecular complexity index is 3310. The van der Waals surface area contributed by atoms with Gasteiger partial charge in [0.2, 0.25) is 35.4 Å². The number of carbonyl (C=O) groups excluding carboxylic acids is 10. The highest BCUT2D eigenvalue weighted by Crippen LogP contribution is 2.31. The largest absolute Gasteiger partial charge is 0.480 e. The van der Waals surface area contributed by atoms with Crippen LogP contribution in [0, 0.1) is 24.3 Å². The Morgan fingerprint density at radius 3 is 1.50 bits per heavy atom. The number of methoxy groups -OCH3 is 1. The summed E-state index contributed by atoms with van der Waals surface area (Å²) in [6.07, 6.45) is -1.16. The second-order valence-corrected chi connectivity index (χ2v) is 28.2. The average molecular weight is 1580 g/mol. The van der Waals surface area contributed by atoms with Gasteiger partial charge >= 0.3 is 30.0 Å². The fourth-order valence-corrected chi connectivity index (χ4v) is 9.00. The van der Waals surface area contributed by atoms with Crippen LogP contribution in [0.1, 0.15) is 141 Å². The molecule has 0 bridgehead atoms. The van der Waals surface area contributed by atoms with Crippen LogP contribution in [0.4, 0.5) is 39.8 Å². The molecule has 10 atom stereocenters. The van der Waals surface area contributed by atoms with Crippen molar-refractivity contribution in [1.82, 2.24) is 36.8 Å². The van der Waals surface area contributed by atoms with Crippen molar-refractivity contribution >= 4 is 118 Å². The molecular weight excluding hydrogens is 1470 g/mol. The second-order valence-electron chi connectivity index (χ2n) is 26.9. The van der Waals surface area contributed by atoms with Gasteiger partial charge in [0.15, 0.2) is 5.78 Å². The predicted molar refractivity (Wildman–Crippen MR) is 400 cm³/mol. The molecule has 0 radical (unpaired) electrons. The maximum Gasteiger partial charge on any atom is 0.411 e. The first-order valence-corrected chi connectivity index (χ1v) is 35.0. The summed E-state index contributed by atoms with van der Waals surface area (Å²) in [6, 6.07) is 14.4. The number of nitrogens with zero attached hydrogens (tertiary/aromatic N) is 4. The van der Waals surface area contributed by atoms with Crippen LogP contribution in [-0.2, 0) is 62.1 Å². The number of hydrogen-bond donors (Lipinski definition) is 10. The number of aliphatic hydroxyl groups is 3. The van der Waals surface area contributed by atoms with E-state index in [4.69, 9.17) is 75.6 Å². The highest BCUT2D eigenvalue weighted by atomic mass is 35.5. The van der Waals surface area contributed by atoms with Crippen molar-refractivity contribution < 1.29 is 105 Å². The van der Waals surface area contributed by atoms with Crippen molar-refractivity contribution in [1.29, 1.82) is 0 Å². The molecule has 2 aliphatic rings. The van der Waals surface area contributed by atoms with Gasteiger partial charge in [-0.05, 0) is 172 Å². The Hall–Kier alpha value is -8.26. The minimum atomic E-state index is -4.40. The molecule has 602 valence electrons. The monoisotopic (exact) mass is 1580 g/mol. The predicted octanol–water partition coefficient (Wildman–Crippen LogP) is 10.6. The van der Waals surface area contributed by atoms with E-state index in [9.17, 15) is 71.0 Å². The molecule has 0 saturated carbocycles. The molecule has 29 nitrogen and oxygen atoms in total. The first kappa shape index (κ1) is 101. The van der Waals surface area contributed by atoms with E-state index >= 15 is 0 Å². The van der Waals surface area contributed by atoms with Crippen molar-refractivity contribution in [3.8, 4) is 6.57 Å². The van der Waals surface area contributed by atoms with E-state index in [-0.39, 0.29) is 54.8 Å². The van der Waals surface area contributed by atoms with Crippen molar-refractivity contribution in [2.45, 2.75) is 207 Å². The minimum Gasteiger partial charge on any atom is -0.480 e. The van der Waals surface area contributed by atoms with Crippen LogP contribution in [-0.4, -0.2) is 214 Å². The third-order valence-corrected chi connectivity index (χ3v) is 16.1. The van der Waals surface area contributed by atoms with Gasteiger partial charge in [-0.25, -0.2) is 14.4 Å². The van der Waals surface area contributed by atoms with Gasteiger partial charge in [-0.15, -0.1) is 0 Å². The second kappa shape index (κ2) is 50.4. The first-order chi connectivity index (χ1) is 49.2. The molecule has 12 N–H and O–H groups in total. The van der Waals surface area contributed by atoms with Gasteiger partial charge in [0.25, 0.3) is 6.57 Å². The fourth-order valence-electron chi connectivity index (χ4n) is 8.62. The quantitative estimate of drug-likeness (QED) is 0.0334. The zero-order valence-electron chi connectivity index (χ0n) is 63.6. The van der Waals surface area contributed by atoms with Crippen molar-refractivity contribution in [2.24, 2.45) is 17.8 Å². The van der Waals surface area contributed by atoms with Crippen molar-refractivity contribution in [2.75, 3.05) is 58.3 Å². The molecule has 3 aromatic rings. The summed E-state index contributed by atoms with van der Waals surface area (Å²) >= 11 is 17.3. The number of hydrogen-bond acceptors (Lipinski definition) is 19. The Morgan fingerprint density at radius 1 is 0.692 bits per heavy atom. The van der Waals surface area contributed by atoms with E-state index in [0.717, 1.165) is 34.6 Å². The molecule has 2 saturated heterocycles. The van der Waals surface area contributed by atoms with Gasteiger partial charge in [0, 0.05) is 84.5 Å². The summed E-state index contributed by atoms with van der Waals surface area (Å²) in [5, 5.41) is 49.4. The van der Waals surface area contributed by atoms with Gasteiger partial charge < -0.3 is 81.8 Å². The van der Waals surface area contributed by atoms with Crippen LogP contribution in [0.2, 0.25) is 15.1 Å². The third kappa shape index (κ3) is 41.0. The molecule has 107 heavy (non-hydrogen) atoms. The lowest BCUT2D eigenvalue weighted by Gasteiger charge is -2.37. The number of benzene rings is 3. The summed E-state index contributed by atoms with van der Waals surface area (Å²) in [6.45, 7) is 24.9. The Morgan fingerprint density at radius 2 is 1.13 bits per heavy atom. The fraction of sp³-hybridized carbons (Fsp3) is 0.583. The molecule has 8 amide bonds. The number of amides is 8. The number of carboxylic acid groups (broad SMARTS) is 1. The number of nitrogens with one attached hydrogen (secondary N) is 5. The maximum absolute atomic E-state index is 13.0. The average Bonchev–Trinajstić information content (AvgIpc) is 1.65. The maximum atomic E-state index is 13.0. The zero-order chi connectivity index (χ0) is 81.6. The van der Waals surface area contributed by atoms with Crippen molar-refractivity contribution in [3.05, 3.63) is 92.7 Å². The normalized spacial score (nSPS) is 16.2. The number of carbonyl (C=O) groups is 11. The Kier molecular flexibility index (Phi) is 47.5. The lowest BCUT2D eigenvalue weighted by Crippen LogP contribution is -2.61. The highest BCUT2D eigenvalue weighted by molar-refractivity contribution is 6.31. The molecule has 2 aliphatic heterocycles. The van der Waals surface area contributed by atoms with Crippen LogP contribution in [0.25, 0.3) is 4.85 Å². The molecule has 3 aromatic carbocycles. The molecule has 35 heteroatoms. The molecule has 0 spiro atoms. The molecule has 5 rings (SSSR count). The third-order valence-electron chi connectivity index (χ3n) is 15.4. The number of carboxylic acids is 1. The number of ether oxygens (including phenoxy) is 4. The van der Waals surface area contributed by atoms with Crippen LogP contribution in [0.3, 0.4) is 0 Å². The van der Waals surface area contributed by atoms with E-state index in [1.54, 1.807) is 121 Å². The van der Waals surface area contributed by atoms with Crippen molar-refractivity contribution in [3.63, 3.8) is 0 Å². The molecule has 2 heterocycles. The SMILES string of the molecule is C#[N+]c1ccc(Cl)cc1.CC(C)CCC=O.CC[C@@H](C)C(=O)N[C@H]1CO[C@H]2CCC(C(=O)Nc3ccc(Cl)cc3)N2C1=O.COC(C)CCC(CC(=O)[C@H](CO)NC(=O)[C@H](C)N(C)C(=O)OC(C)(C)C)C(=O)Nc1ccc(Cl)cc1.C[C@@H](C(=O)N[C@@H](CO)C(=O)O)N(C)C(=O)OC(C)(C)C.N.OCC(F)(F)F. The van der Waals surface area contributed by atoms with E-state index < -0.39 is 121 Å². The number of rotatable bonds is 26. The number of fused-ring (bicyclic) bond motifs is 1. The Balaban J connectivity index is 0. The number of ketones is 1. The van der Waals surface area contributed by atoms with Crippen LogP contribution < -0.4 is 32.7 Å². The smallest absolute Gasteiger partial charge is 0.411 e. The Labute approximate surface area is 639 Å². The molecule has 0 aliphatic carbocycles. The summed E-state index contributed by atoms with van der Waals surface area (Å²) in [5.41, 5.74) is 0.431. The summed E-state index contributed by atoms with van der Waals surface area (Å²) < 4.78 is 53.0. The number of likely N-dealkylation sites (N-methyl/N-ethyl adjacent to an activating group) is 2. The van der Waals surface area contributed by atoms with Crippen LogP contribution in [0.15, 0.2) is 72.8 Å². The molecular formula is C72H109Cl3F3N10O19+. The van der Waals surface area contributed by atoms with Gasteiger partial charge in [-0.3, -0.25) is 43.4 Å². The number of aldehydes is 1. The topological polar surface area (TPSA) is 415 Å². The number of alkyl halides is 3. The van der Waals surface area contributed by atoms with Gasteiger partial charge in [-0.2, -0.15) is 13.2 Å². The van der Waals surface area contributed by atoms with Crippen LogP contribution in [0.5, 0.6) is 0 Å². The molecule has 0 aromatic heterocycles. The highest BCUT2D eigenvalue weighted by Gasteiger charge is 2.48. The zero-order valence-corrected chi connectivity index (χ0v) is 65.9. The number of aliphatic carboxylic acids is 1. The first-order valence-electron chi connectivity index (χ1n) is 33.9. The van der Waals surface area contributed by atoms with Gasteiger partial charge in [0.05, 0.1) is 25.9 Å². The van der Waals surface area contributed by atoms with Gasteiger partial charge in [-0.1, -0.05) is 62.5 Å².